The van der Waals surface area contributed by atoms with Crippen LogP contribution in [0.3, 0.4) is 0 Å². The van der Waals surface area contributed by atoms with E-state index in [0.29, 0.717) is 52.9 Å². The highest BCUT2D eigenvalue weighted by Gasteiger charge is 2.39. The van der Waals surface area contributed by atoms with E-state index in [4.69, 9.17) is 23.7 Å². The monoisotopic (exact) mass is 234 g/mol. The maximum absolute atomic E-state index is 5.52. The predicted octanol–water partition coefficient (Wildman–Crippen LogP) is 0.329. The fourth-order valence-electron chi connectivity index (χ4n) is 1.46. The fraction of sp³-hybridized carbons (Fsp3) is 1.00. The highest BCUT2D eigenvalue weighted by atomic mass is 16.5. The summed E-state index contributed by atoms with van der Waals surface area (Å²) in [7, 11) is 3.33. The Morgan fingerprint density at radius 3 is 1.69 bits per heavy atom. The van der Waals surface area contributed by atoms with Gasteiger partial charge in [0, 0.05) is 14.2 Å². The van der Waals surface area contributed by atoms with Gasteiger partial charge in [0.1, 0.15) is 0 Å². The molecule has 0 N–H and O–H groups in total. The minimum absolute atomic E-state index is 0.0431. The molecular weight excluding hydrogens is 212 g/mol. The van der Waals surface area contributed by atoms with Gasteiger partial charge >= 0.3 is 0 Å². The van der Waals surface area contributed by atoms with Crippen LogP contribution in [0.1, 0.15) is 0 Å². The molecule has 1 fully saturated rings. The summed E-state index contributed by atoms with van der Waals surface area (Å²) >= 11 is 0. The van der Waals surface area contributed by atoms with Crippen molar-refractivity contribution in [3.8, 4) is 0 Å². The van der Waals surface area contributed by atoms with Gasteiger partial charge in [0.25, 0.3) is 0 Å². The van der Waals surface area contributed by atoms with Crippen LogP contribution in [0.2, 0.25) is 0 Å². The third kappa shape index (κ3) is 4.76. The molecule has 0 aromatic carbocycles. The third-order valence-corrected chi connectivity index (χ3v) is 2.50. The van der Waals surface area contributed by atoms with Crippen molar-refractivity contribution in [3.05, 3.63) is 0 Å². The lowest BCUT2D eigenvalue weighted by atomic mass is 9.88. The second-order valence-electron chi connectivity index (χ2n) is 4.08. The lowest BCUT2D eigenvalue weighted by molar-refractivity contribution is -0.180. The van der Waals surface area contributed by atoms with Gasteiger partial charge in [-0.1, -0.05) is 0 Å². The largest absolute Gasteiger partial charge is 0.382 e. The van der Waals surface area contributed by atoms with Crippen LogP contribution >= 0.6 is 0 Å². The molecule has 0 unspecified atom stereocenters. The molecule has 16 heavy (non-hydrogen) atoms. The van der Waals surface area contributed by atoms with Crippen molar-refractivity contribution in [2.24, 2.45) is 5.41 Å². The number of hydrogen-bond acceptors (Lipinski definition) is 5. The van der Waals surface area contributed by atoms with Gasteiger partial charge in [-0.25, -0.2) is 0 Å². The SMILES string of the molecule is COCCOCC1(COCCOC)COC1. The Morgan fingerprint density at radius 1 is 0.875 bits per heavy atom. The lowest BCUT2D eigenvalue weighted by Gasteiger charge is -2.40. The first-order valence-electron chi connectivity index (χ1n) is 5.54. The maximum Gasteiger partial charge on any atom is 0.0700 e. The Kier molecular flexibility index (Phi) is 6.91. The van der Waals surface area contributed by atoms with Crippen LogP contribution in [-0.4, -0.2) is 67.1 Å². The Bertz CT molecular complexity index is 156. The van der Waals surface area contributed by atoms with Crippen LogP contribution < -0.4 is 0 Å². The molecule has 0 atom stereocenters. The number of hydrogen-bond donors (Lipinski definition) is 0. The zero-order chi connectivity index (χ0) is 11.7. The van der Waals surface area contributed by atoms with E-state index < -0.39 is 0 Å². The number of ether oxygens (including phenoxy) is 5. The van der Waals surface area contributed by atoms with Crippen molar-refractivity contribution in [3.63, 3.8) is 0 Å². The van der Waals surface area contributed by atoms with Crippen LogP contribution in [0, 0.1) is 5.41 Å². The van der Waals surface area contributed by atoms with Crippen LogP contribution in [-0.2, 0) is 23.7 Å². The van der Waals surface area contributed by atoms with Crippen LogP contribution in [0.15, 0.2) is 0 Å². The van der Waals surface area contributed by atoms with Crippen molar-refractivity contribution in [2.75, 3.05) is 67.1 Å². The predicted molar refractivity (Wildman–Crippen MR) is 58.6 cm³/mol. The number of methoxy groups -OCH3 is 2. The molecule has 0 radical (unpaired) electrons. The van der Waals surface area contributed by atoms with E-state index in [1.54, 1.807) is 14.2 Å². The molecule has 0 spiro atoms. The molecule has 1 heterocycles. The average Bonchev–Trinajstić information content (AvgIpc) is 2.25. The fourth-order valence-corrected chi connectivity index (χ4v) is 1.46. The quantitative estimate of drug-likeness (QED) is 0.510. The summed E-state index contributed by atoms with van der Waals surface area (Å²) in [4.78, 5) is 0. The molecule has 0 bridgehead atoms. The summed E-state index contributed by atoms with van der Waals surface area (Å²) in [5, 5.41) is 0. The normalized spacial score (nSPS) is 18.4. The van der Waals surface area contributed by atoms with Gasteiger partial charge in [-0.3, -0.25) is 0 Å². The Morgan fingerprint density at radius 2 is 1.38 bits per heavy atom. The molecule has 1 aliphatic rings. The molecule has 0 aromatic rings. The molecule has 96 valence electrons. The zero-order valence-electron chi connectivity index (χ0n) is 10.2. The highest BCUT2D eigenvalue weighted by molar-refractivity contribution is 4.85. The molecule has 0 saturated carbocycles. The van der Waals surface area contributed by atoms with Gasteiger partial charge in [0.05, 0.1) is 58.3 Å². The smallest absolute Gasteiger partial charge is 0.0700 e. The summed E-state index contributed by atoms with van der Waals surface area (Å²) in [6.45, 7) is 5.27. The lowest BCUT2D eigenvalue weighted by Crippen LogP contribution is -2.50. The van der Waals surface area contributed by atoms with Crippen molar-refractivity contribution < 1.29 is 23.7 Å². The van der Waals surface area contributed by atoms with Gasteiger partial charge in [-0.15, -0.1) is 0 Å². The third-order valence-electron chi connectivity index (χ3n) is 2.50. The second kappa shape index (κ2) is 7.97. The number of rotatable bonds is 10. The summed E-state index contributed by atoms with van der Waals surface area (Å²) in [5.74, 6) is 0. The molecule has 0 amide bonds. The molecule has 5 nitrogen and oxygen atoms in total. The van der Waals surface area contributed by atoms with Crippen molar-refractivity contribution >= 4 is 0 Å². The van der Waals surface area contributed by atoms with Crippen LogP contribution in [0.4, 0.5) is 0 Å². The molecule has 1 saturated heterocycles. The van der Waals surface area contributed by atoms with E-state index in [0.717, 1.165) is 0 Å². The first-order valence-corrected chi connectivity index (χ1v) is 5.54. The maximum atomic E-state index is 5.52. The van der Waals surface area contributed by atoms with Crippen LogP contribution in [0.25, 0.3) is 0 Å². The Hall–Kier alpha value is -0.200. The first kappa shape index (κ1) is 13.9. The minimum atomic E-state index is 0.0431. The van der Waals surface area contributed by atoms with Gasteiger partial charge in [-0.2, -0.15) is 0 Å². The summed E-state index contributed by atoms with van der Waals surface area (Å²) in [6.07, 6.45) is 0. The molecule has 0 aromatic heterocycles. The standard InChI is InChI=1S/C11H22O5/c1-12-3-5-14-7-11(9-16-10-11)8-15-6-4-13-2/h3-10H2,1-2H3. The van der Waals surface area contributed by atoms with E-state index in [-0.39, 0.29) is 5.41 Å². The van der Waals surface area contributed by atoms with Gasteiger partial charge in [0.2, 0.25) is 0 Å². The van der Waals surface area contributed by atoms with E-state index in [2.05, 4.69) is 0 Å². The molecule has 0 aliphatic carbocycles. The van der Waals surface area contributed by atoms with Crippen molar-refractivity contribution in [1.82, 2.24) is 0 Å². The van der Waals surface area contributed by atoms with Crippen LogP contribution in [0.5, 0.6) is 0 Å². The van der Waals surface area contributed by atoms with E-state index >= 15 is 0 Å². The zero-order valence-corrected chi connectivity index (χ0v) is 10.2. The molecular formula is C11H22O5. The molecule has 1 aliphatic heterocycles. The van der Waals surface area contributed by atoms with E-state index in [1.807, 2.05) is 0 Å². The highest BCUT2D eigenvalue weighted by Crippen LogP contribution is 2.28. The van der Waals surface area contributed by atoms with Gasteiger partial charge < -0.3 is 23.7 Å². The van der Waals surface area contributed by atoms with E-state index in [1.165, 1.54) is 0 Å². The van der Waals surface area contributed by atoms with E-state index in [9.17, 15) is 0 Å². The molecule has 5 heteroatoms. The summed E-state index contributed by atoms with van der Waals surface area (Å²) in [6, 6.07) is 0. The summed E-state index contributed by atoms with van der Waals surface area (Å²) < 4.78 is 26.1. The van der Waals surface area contributed by atoms with Crippen molar-refractivity contribution in [1.29, 1.82) is 0 Å². The van der Waals surface area contributed by atoms with Gasteiger partial charge in [0.15, 0.2) is 0 Å². The average molecular weight is 234 g/mol. The second-order valence-corrected chi connectivity index (χ2v) is 4.08. The van der Waals surface area contributed by atoms with Gasteiger partial charge in [-0.05, 0) is 0 Å². The Labute approximate surface area is 97.0 Å². The molecule has 1 rings (SSSR count). The minimum Gasteiger partial charge on any atom is -0.382 e. The summed E-state index contributed by atoms with van der Waals surface area (Å²) in [5.41, 5.74) is 0.0431. The first-order chi connectivity index (χ1) is 7.83. The Balaban J connectivity index is 2.07. The van der Waals surface area contributed by atoms with Crippen molar-refractivity contribution in [2.45, 2.75) is 0 Å². The topological polar surface area (TPSA) is 46.2 Å².